The van der Waals surface area contributed by atoms with Crippen LogP contribution in [0.5, 0.6) is 0 Å². The first-order chi connectivity index (χ1) is 9.09. The van der Waals surface area contributed by atoms with Crippen molar-refractivity contribution in [3.63, 3.8) is 0 Å². The summed E-state index contributed by atoms with van der Waals surface area (Å²) < 4.78 is 2.70. The fraction of sp³-hybridized carbons (Fsp3) is 0.467. The summed E-state index contributed by atoms with van der Waals surface area (Å²) in [5.41, 5.74) is 0.830. The number of quaternary nitrogens is 1. The van der Waals surface area contributed by atoms with E-state index in [1.807, 2.05) is 24.3 Å². The van der Waals surface area contributed by atoms with Crippen molar-refractivity contribution in [1.29, 1.82) is 0 Å². The SMILES string of the molecule is CC[N+](C)(CC)CCn1cnc2ccccc2c1=O. The lowest BCUT2D eigenvalue weighted by molar-refractivity contribution is -0.906. The quantitative estimate of drug-likeness (QED) is 0.769. The van der Waals surface area contributed by atoms with E-state index in [-0.39, 0.29) is 5.56 Å². The maximum atomic E-state index is 12.3. The number of rotatable bonds is 5. The summed E-state index contributed by atoms with van der Waals surface area (Å²) in [5.74, 6) is 0. The molecule has 0 bridgehead atoms. The molecule has 0 saturated heterocycles. The van der Waals surface area contributed by atoms with E-state index < -0.39 is 0 Å². The number of hydrogen-bond acceptors (Lipinski definition) is 2. The smallest absolute Gasteiger partial charge is 0.261 e. The van der Waals surface area contributed by atoms with Crippen LogP contribution in [0.2, 0.25) is 0 Å². The van der Waals surface area contributed by atoms with E-state index >= 15 is 0 Å². The minimum Gasteiger partial charge on any atom is -0.325 e. The van der Waals surface area contributed by atoms with Crippen molar-refractivity contribution in [2.75, 3.05) is 26.7 Å². The van der Waals surface area contributed by atoms with Gasteiger partial charge in [0.15, 0.2) is 0 Å². The summed E-state index contributed by atoms with van der Waals surface area (Å²) >= 11 is 0. The van der Waals surface area contributed by atoms with Gasteiger partial charge in [-0.1, -0.05) is 12.1 Å². The van der Waals surface area contributed by atoms with Crippen LogP contribution in [-0.4, -0.2) is 40.7 Å². The molecule has 0 radical (unpaired) electrons. The first-order valence-corrected chi connectivity index (χ1v) is 6.87. The first-order valence-electron chi connectivity index (χ1n) is 6.87. The van der Waals surface area contributed by atoms with Crippen LogP contribution in [0.25, 0.3) is 10.9 Å². The molecule has 19 heavy (non-hydrogen) atoms. The third kappa shape index (κ3) is 2.84. The van der Waals surface area contributed by atoms with Gasteiger partial charge in [-0.2, -0.15) is 0 Å². The van der Waals surface area contributed by atoms with Crippen molar-refractivity contribution < 1.29 is 4.48 Å². The number of para-hydroxylation sites is 1. The van der Waals surface area contributed by atoms with Crippen LogP contribution in [0.15, 0.2) is 35.4 Å². The monoisotopic (exact) mass is 260 g/mol. The van der Waals surface area contributed by atoms with Crippen molar-refractivity contribution in [2.24, 2.45) is 0 Å². The third-order valence-electron chi connectivity index (χ3n) is 4.14. The van der Waals surface area contributed by atoms with E-state index in [0.717, 1.165) is 36.2 Å². The Balaban J connectivity index is 2.27. The van der Waals surface area contributed by atoms with Crippen molar-refractivity contribution in [1.82, 2.24) is 9.55 Å². The number of hydrogen-bond donors (Lipinski definition) is 0. The zero-order valence-corrected chi connectivity index (χ0v) is 12.0. The van der Waals surface area contributed by atoms with Crippen molar-refractivity contribution >= 4 is 10.9 Å². The molecule has 0 spiro atoms. The van der Waals surface area contributed by atoms with E-state index in [2.05, 4.69) is 25.9 Å². The highest BCUT2D eigenvalue weighted by Gasteiger charge is 2.16. The minimum absolute atomic E-state index is 0.0596. The molecule has 4 nitrogen and oxygen atoms in total. The van der Waals surface area contributed by atoms with Crippen LogP contribution in [-0.2, 0) is 6.54 Å². The van der Waals surface area contributed by atoms with Crippen LogP contribution in [0, 0.1) is 0 Å². The molecule has 0 saturated carbocycles. The fourth-order valence-corrected chi connectivity index (χ4v) is 2.15. The molecule has 0 amide bonds. The molecule has 102 valence electrons. The molecule has 0 fully saturated rings. The van der Waals surface area contributed by atoms with Crippen molar-refractivity contribution in [2.45, 2.75) is 20.4 Å². The summed E-state index contributed by atoms with van der Waals surface area (Å²) in [6.07, 6.45) is 1.67. The summed E-state index contributed by atoms with van der Waals surface area (Å²) in [6, 6.07) is 7.50. The molecule has 1 heterocycles. The van der Waals surface area contributed by atoms with Gasteiger partial charge in [0.05, 0.1) is 50.5 Å². The number of nitrogens with zero attached hydrogens (tertiary/aromatic N) is 3. The maximum Gasteiger partial charge on any atom is 0.261 e. The molecular weight excluding hydrogens is 238 g/mol. The zero-order chi connectivity index (χ0) is 13.9. The van der Waals surface area contributed by atoms with Gasteiger partial charge >= 0.3 is 0 Å². The van der Waals surface area contributed by atoms with E-state index in [0.29, 0.717) is 5.39 Å². The van der Waals surface area contributed by atoms with E-state index in [9.17, 15) is 4.79 Å². The summed E-state index contributed by atoms with van der Waals surface area (Å²) in [6.45, 7) is 8.19. The molecule has 1 aromatic carbocycles. The van der Waals surface area contributed by atoms with Gasteiger partial charge in [0, 0.05) is 0 Å². The minimum atomic E-state index is 0.0596. The highest BCUT2D eigenvalue weighted by Crippen LogP contribution is 2.06. The number of likely N-dealkylation sites (N-methyl/N-ethyl adjacent to an activating group) is 1. The molecule has 2 aromatic rings. The van der Waals surface area contributed by atoms with Gasteiger partial charge in [-0.3, -0.25) is 9.36 Å². The average molecular weight is 260 g/mol. The lowest BCUT2D eigenvalue weighted by Crippen LogP contribution is -2.46. The van der Waals surface area contributed by atoms with Crippen molar-refractivity contribution in [3.05, 3.63) is 40.9 Å². The Morgan fingerprint density at radius 2 is 1.89 bits per heavy atom. The topological polar surface area (TPSA) is 34.9 Å². The Kier molecular flexibility index (Phi) is 4.00. The van der Waals surface area contributed by atoms with Gasteiger partial charge in [-0.15, -0.1) is 0 Å². The van der Waals surface area contributed by atoms with Crippen LogP contribution in [0.3, 0.4) is 0 Å². The van der Waals surface area contributed by atoms with Crippen molar-refractivity contribution in [3.8, 4) is 0 Å². The van der Waals surface area contributed by atoms with E-state index in [1.54, 1.807) is 10.9 Å². The Hall–Kier alpha value is -1.68. The van der Waals surface area contributed by atoms with E-state index in [4.69, 9.17) is 0 Å². The Labute approximate surface area is 113 Å². The van der Waals surface area contributed by atoms with E-state index in [1.165, 1.54) is 0 Å². The lowest BCUT2D eigenvalue weighted by atomic mass is 10.2. The largest absolute Gasteiger partial charge is 0.325 e. The third-order valence-corrected chi connectivity index (χ3v) is 4.14. The van der Waals surface area contributed by atoms with Gasteiger partial charge in [0.2, 0.25) is 0 Å². The molecule has 2 rings (SSSR count). The van der Waals surface area contributed by atoms with Crippen LogP contribution in [0.4, 0.5) is 0 Å². The predicted octanol–water partition coefficient (Wildman–Crippen LogP) is 1.88. The predicted molar refractivity (Wildman–Crippen MR) is 78.1 cm³/mol. The normalized spacial score (nSPS) is 11.9. The molecule has 0 aliphatic rings. The molecule has 0 N–H and O–H groups in total. The Morgan fingerprint density at radius 1 is 1.21 bits per heavy atom. The van der Waals surface area contributed by atoms with Crippen LogP contribution >= 0.6 is 0 Å². The summed E-state index contributed by atoms with van der Waals surface area (Å²) in [7, 11) is 2.22. The molecule has 0 aliphatic carbocycles. The van der Waals surface area contributed by atoms with Gasteiger partial charge < -0.3 is 4.48 Å². The number of aromatic nitrogens is 2. The number of benzene rings is 1. The summed E-state index contributed by atoms with van der Waals surface area (Å²) in [5, 5.41) is 0.701. The molecule has 1 aromatic heterocycles. The van der Waals surface area contributed by atoms with Crippen LogP contribution < -0.4 is 5.56 Å². The maximum absolute atomic E-state index is 12.3. The molecule has 0 atom stereocenters. The number of fused-ring (bicyclic) bond motifs is 1. The zero-order valence-electron chi connectivity index (χ0n) is 12.0. The molecule has 4 heteroatoms. The highest BCUT2D eigenvalue weighted by molar-refractivity contribution is 5.76. The van der Waals surface area contributed by atoms with Gasteiger partial charge in [-0.25, -0.2) is 4.98 Å². The first kappa shape index (κ1) is 13.7. The molecule has 0 aliphatic heterocycles. The van der Waals surface area contributed by atoms with Gasteiger partial charge in [-0.05, 0) is 26.0 Å². The van der Waals surface area contributed by atoms with Gasteiger partial charge in [0.25, 0.3) is 5.56 Å². The fourth-order valence-electron chi connectivity index (χ4n) is 2.15. The second kappa shape index (κ2) is 5.53. The standard InChI is InChI=1S/C15H22N3O/c1-4-18(3,5-2)11-10-17-12-16-14-9-7-6-8-13(14)15(17)19/h6-9,12H,4-5,10-11H2,1-3H3/q+1. The highest BCUT2D eigenvalue weighted by atomic mass is 16.1. The van der Waals surface area contributed by atoms with Crippen LogP contribution in [0.1, 0.15) is 13.8 Å². The Morgan fingerprint density at radius 3 is 2.58 bits per heavy atom. The second-order valence-electron chi connectivity index (χ2n) is 5.24. The lowest BCUT2D eigenvalue weighted by Gasteiger charge is -2.32. The average Bonchev–Trinajstić information content (AvgIpc) is 2.46. The summed E-state index contributed by atoms with van der Waals surface area (Å²) in [4.78, 5) is 16.7. The van der Waals surface area contributed by atoms with Gasteiger partial charge in [0.1, 0.15) is 0 Å². The molecule has 0 unspecified atom stereocenters. The molecular formula is C15H22N3O+. The Bertz CT molecular complexity index is 614. The second-order valence-corrected chi connectivity index (χ2v) is 5.24.